The van der Waals surface area contributed by atoms with Crippen LogP contribution in [-0.4, -0.2) is 18.1 Å². The second-order valence-corrected chi connectivity index (χ2v) is 5.36. The summed E-state index contributed by atoms with van der Waals surface area (Å²) in [6.07, 6.45) is 6.75. The number of rotatable bonds is 2. The van der Waals surface area contributed by atoms with Gasteiger partial charge < -0.3 is 5.32 Å². The lowest BCUT2D eigenvalue weighted by molar-refractivity contribution is 0.710. The van der Waals surface area contributed by atoms with Gasteiger partial charge in [0.15, 0.2) is 0 Å². The highest BCUT2D eigenvalue weighted by Gasteiger charge is 2.14. The minimum absolute atomic E-state index is 0.871. The summed E-state index contributed by atoms with van der Waals surface area (Å²) in [6, 6.07) is 8.30. The number of hydrogen-bond acceptors (Lipinski definition) is 2. The average Bonchev–Trinajstić information content (AvgIpc) is 2.69. The molecule has 0 unspecified atom stereocenters. The van der Waals surface area contributed by atoms with Gasteiger partial charge in [0.2, 0.25) is 0 Å². The summed E-state index contributed by atoms with van der Waals surface area (Å²) in [5.41, 5.74) is 5.36. The summed E-state index contributed by atoms with van der Waals surface area (Å²) in [7, 11) is 0. The summed E-state index contributed by atoms with van der Waals surface area (Å²) in [4.78, 5) is 4.19. The zero-order chi connectivity index (χ0) is 13.1. The molecule has 1 aliphatic heterocycles. The van der Waals surface area contributed by atoms with E-state index >= 15 is 0 Å². The van der Waals surface area contributed by atoms with Crippen LogP contribution in [0.15, 0.2) is 36.7 Å². The van der Waals surface area contributed by atoms with Crippen molar-refractivity contribution >= 4 is 11.6 Å². The fraction of sp³-hybridized carbons (Fsp3) is 0.312. The minimum Gasteiger partial charge on any atom is -0.316 e. The third kappa shape index (κ3) is 2.80. The Morgan fingerprint density at radius 2 is 2.05 bits per heavy atom. The molecule has 3 rings (SSSR count). The van der Waals surface area contributed by atoms with E-state index in [0.717, 1.165) is 37.4 Å². The van der Waals surface area contributed by atoms with Crippen molar-refractivity contribution in [1.29, 1.82) is 0 Å². The zero-order valence-corrected chi connectivity index (χ0v) is 11.6. The van der Waals surface area contributed by atoms with Crippen LogP contribution in [0, 0.1) is 0 Å². The van der Waals surface area contributed by atoms with Crippen molar-refractivity contribution in [3.05, 3.63) is 63.9 Å². The molecule has 2 aromatic rings. The Morgan fingerprint density at radius 1 is 1.16 bits per heavy atom. The summed E-state index contributed by atoms with van der Waals surface area (Å²) in [5.74, 6) is 0. The molecule has 0 atom stereocenters. The van der Waals surface area contributed by atoms with Crippen molar-refractivity contribution in [3.8, 4) is 0 Å². The highest BCUT2D eigenvalue weighted by molar-refractivity contribution is 6.31. The van der Waals surface area contributed by atoms with Crippen LogP contribution >= 0.6 is 11.6 Å². The van der Waals surface area contributed by atoms with Gasteiger partial charge in [-0.15, -0.1) is 0 Å². The zero-order valence-electron chi connectivity index (χ0n) is 10.8. The summed E-state index contributed by atoms with van der Waals surface area (Å²) < 4.78 is 0. The molecule has 0 fully saturated rings. The molecule has 1 aromatic heterocycles. The fourth-order valence-electron chi connectivity index (χ4n) is 2.72. The molecular formula is C16H17ClN2. The van der Waals surface area contributed by atoms with E-state index in [1.807, 2.05) is 18.3 Å². The van der Waals surface area contributed by atoms with Crippen molar-refractivity contribution in [1.82, 2.24) is 10.3 Å². The summed E-state index contributed by atoms with van der Waals surface area (Å²) in [6.45, 7) is 2.09. The maximum absolute atomic E-state index is 6.42. The van der Waals surface area contributed by atoms with Crippen molar-refractivity contribution in [2.24, 2.45) is 0 Å². The summed E-state index contributed by atoms with van der Waals surface area (Å²) in [5, 5.41) is 4.33. The van der Waals surface area contributed by atoms with Crippen LogP contribution in [0.1, 0.15) is 22.3 Å². The molecular weight excluding hydrogens is 256 g/mol. The Kier molecular flexibility index (Phi) is 3.81. The first kappa shape index (κ1) is 12.6. The standard InChI is InChI=1S/C16H17ClN2/c17-16-4-3-13-5-8-18-9-6-14(13)15(16)10-12-2-1-7-19-11-12/h1-4,7,11,18H,5-6,8-10H2. The first-order chi connectivity index (χ1) is 9.34. The lowest BCUT2D eigenvalue weighted by atomic mass is 9.93. The Labute approximate surface area is 118 Å². The van der Waals surface area contributed by atoms with Crippen LogP contribution in [0.5, 0.6) is 0 Å². The smallest absolute Gasteiger partial charge is 0.0444 e. The third-order valence-corrected chi connectivity index (χ3v) is 4.05. The molecule has 0 saturated heterocycles. The highest BCUT2D eigenvalue weighted by Crippen LogP contribution is 2.27. The van der Waals surface area contributed by atoms with Gasteiger partial charge in [0.25, 0.3) is 0 Å². The van der Waals surface area contributed by atoms with E-state index in [4.69, 9.17) is 11.6 Å². The van der Waals surface area contributed by atoms with Gasteiger partial charge in [0, 0.05) is 23.8 Å². The maximum Gasteiger partial charge on any atom is 0.0444 e. The number of benzene rings is 1. The van der Waals surface area contributed by atoms with Crippen LogP contribution in [0.2, 0.25) is 5.02 Å². The highest BCUT2D eigenvalue weighted by atomic mass is 35.5. The van der Waals surface area contributed by atoms with E-state index in [2.05, 4.69) is 22.4 Å². The number of fused-ring (bicyclic) bond motifs is 1. The van der Waals surface area contributed by atoms with Crippen LogP contribution in [0.4, 0.5) is 0 Å². The SMILES string of the molecule is Clc1ccc2c(c1Cc1cccnc1)CCNCC2. The predicted molar refractivity (Wildman–Crippen MR) is 78.8 cm³/mol. The van der Waals surface area contributed by atoms with Gasteiger partial charge in [0.05, 0.1) is 0 Å². The number of nitrogens with zero attached hydrogens (tertiary/aromatic N) is 1. The third-order valence-electron chi connectivity index (χ3n) is 3.70. The van der Waals surface area contributed by atoms with Crippen molar-refractivity contribution < 1.29 is 0 Å². The van der Waals surface area contributed by atoms with Gasteiger partial charge in [-0.25, -0.2) is 0 Å². The molecule has 0 amide bonds. The molecule has 0 spiro atoms. The second-order valence-electron chi connectivity index (χ2n) is 4.95. The molecule has 2 heterocycles. The Morgan fingerprint density at radius 3 is 2.89 bits per heavy atom. The second kappa shape index (κ2) is 5.72. The molecule has 3 heteroatoms. The molecule has 19 heavy (non-hydrogen) atoms. The Bertz CT molecular complexity index is 566. The fourth-order valence-corrected chi connectivity index (χ4v) is 2.96. The van der Waals surface area contributed by atoms with Crippen LogP contribution in [0.3, 0.4) is 0 Å². The predicted octanol–water partition coefficient (Wildman–Crippen LogP) is 3.01. The van der Waals surface area contributed by atoms with Crippen molar-refractivity contribution in [2.45, 2.75) is 19.3 Å². The van der Waals surface area contributed by atoms with Crippen LogP contribution in [0.25, 0.3) is 0 Å². The van der Waals surface area contributed by atoms with E-state index in [0.29, 0.717) is 0 Å². The maximum atomic E-state index is 6.42. The van der Waals surface area contributed by atoms with Gasteiger partial charge >= 0.3 is 0 Å². The van der Waals surface area contributed by atoms with Gasteiger partial charge in [-0.1, -0.05) is 23.7 Å². The molecule has 0 saturated carbocycles. The number of pyridine rings is 1. The van der Waals surface area contributed by atoms with Gasteiger partial charge in [-0.2, -0.15) is 0 Å². The lowest BCUT2D eigenvalue weighted by Gasteiger charge is -2.14. The van der Waals surface area contributed by atoms with Crippen molar-refractivity contribution in [2.75, 3.05) is 13.1 Å². The largest absolute Gasteiger partial charge is 0.316 e. The molecule has 98 valence electrons. The molecule has 0 radical (unpaired) electrons. The van der Waals surface area contributed by atoms with Gasteiger partial charge in [-0.3, -0.25) is 4.98 Å². The Hall–Kier alpha value is -1.38. The van der Waals surface area contributed by atoms with E-state index in [1.54, 1.807) is 6.20 Å². The number of aromatic nitrogens is 1. The number of nitrogens with one attached hydrogen (secondary N) is 1. The van der Waals surface area contributed by atoms with Gasteiger partial charge in [-0.05, 0) is 60.3 Å². The monoisotopic (exact) mass is 272 g/mol. The number of hydrogen-bond donors (Lipinski definition) is 1. The average molecular weight is 273 g/mol. The molecule has 1 aliphatic rings. The molecule has 0 aliphatic carbocycles. The normalized spacial score (nSPS) is 14.8. The van der Waals surface area contributed by atoms with Crippen LogP contribution < -0.4 is 5.32 Å². The van der Waals surface area contributed by atoms with E-state index in [1.165, 1.54) is 22.3 Å². The lowest BCUT2D eigenvalue weighted by Crippen LogP contribution is -2.16. The molecule has 0 bridgehead atoms. The first-order valence-corrected chi connectivity index (χ1v) is 7.11. The molecule has 1 N–H and O–H groups in total. The molecule has 1 aromatic carbocycles. The van der Waals surface area contributed by atoms with E-state index in [-0.39, 0.29) is 0 Å². The topological polar surface area (TPSA) is 24.9 Å². The van der Waals surface area contributed by atoms with Crippen molar-refractivity contribution in [3.63, 3.8) is 0 Å². The first-order valence-electron chi connectivity index (χ1n) is 6.73. The van der Waals surface area contributed by atoms with E-state index in [9.17, 15) is 0 Å². The molecule has 2 nitrogen and oxygen atoms in total. The van der Waals surface area contributed by atoms with E-state index < -0.39 is 0 Å². The van der Waals surface area contributed by atoms with Crippen LogP contribution in [-0.2, 0) is 19.3 Å². The van der Waals surface area contributed by atoms with Gasteiger partial charge in [0.1, 0.15) is 0 Å². The minimum atomic E-state index is 0.871. The Balaban J connectivity index is 2.00. The number of halogens is 1. The summed E-state index contributed by atoms with van der Waals surface area (Å²) >= 11 is 6.42. The quantitative estimate of drug-likeness (QED) is 0.909.